The average molecular weight is 144 g/mol. The summed E-state index contributed by atoms with van der Waals surface area (Å²) in [5, 5.41) is 8.87. The van der Waals surface area contributed by atoms with Crippen LogP contribution in [0.25, 0.3) is 0 Å². The van der Waals surface area contributed by atoms with Crippen LogP contribution in [0.5, 0.6) is 0 Å². The molecule has 1 aliphatic heterocycles. The molecule has 1 fully saturated rings. The van der Waals surface area contributed by atoms with E-state index in [0.29, 0.717) is 12.5 Å². The molecule has 10 heavy (non-hydrogen) atoms. The molecule has 3 nitrogen and oxygen atoms in total. The van der Waals surface area contributed by atoms with Crippen LogP contribution in [0, 0.1) is 5.92 Å². The van der Waals surface area contributed by atoms with Crippen LogP contribution in [0.3, 0.4) is 0 Å². The third kappa shape index (κ3) is 1.94. The Morgan fingerprint density at radius 3 is 2.20 bits per heavy atom. The fraction of sp³-hybridized carbons (Fsp3) is 1.00. The second-order valence-corrected chi connectivity index (χ2v) is 3.27. The number of hydrogen-bond donors (Lipinski definition) is 1. The number of rotatable bonds is 1. The lowest BCUT2D eigenvalue weighted by Gasteiger charge is -2.35. The SMILES string of the molecule is CN1CC(CO)CN(C)C1. The maximum absolute atomic E-state index is 8.87. The summed E-state index contributed by atoms with van der Waals surface area (Å²) >= 11 is 0. The Labute approximate surface area is 62.2 Å². The highest BCUT2D eigenvalue weighted by atomic mass is 16.3. The molecule has 1 heterocycles. The van der Waals surface area contributed by atoms with Gasteiger partial charge in [0, 0.05) is 25.6 Å². The lowest BCUT2D eigenvalue weighted by Crippen LogP contribution is -2.46. The second-order valence-electron chi connectivity index (χ2n) is 3.27. The van der Waals surface area contributed by atoms with Crippen molar-refractivity contribution in [2.75, 3.05) is 40.5 Å². The van der Waals surface area contributed by atoms with E-state index in [1.54, 1.807) is 0 Å². The average Bonchev–Trinajstić information content (AvgIpc) is 1.85. The molecule has 1 saturated heterocycles. The van der Waals surface area contributed by atoms with Crippen LogP contribution in [-0.2, 0) is 0 Å². The lowest BCUT2D eigenvalue weighted by molar-refractivity contribution is 0.0573. The summed E-state index contributed by atoms with van der Waals surface area (Å²) < 4.78 is 0. The quantitative estimate of drug-likeness (QED) is 0.534. The smallest absolute Gasteiger partial charge is 0.0500 e. The molecule has 0 aromatic carbocycles. The molecule has 0 amide bonds. The van der Waals surface area contributed by atoms with Crippen molar-refractivity contribution in [1.29, 1.82) is 0 Å². The first kappa shape index (κ1) is 7.98. The van der Waals surface area contributed by atoms with E-state index in [2.05, 4.69) is 23.9 Å². The predicted octanol–water partition coefficient (Wildman–Crippen LogP) is -0.570. The van der Waals surface area contributed by atoms with E-state index >= 15 is 0 Å². The normalized spacial score (nSPS) is 25.5. The summed E-state index contributed by atoms with van der Waals surface area (Å²) in [6.45, 7) is 3.40. The van der Waals surface area contributed by atoms with Crippen LogP contribution in [0.2, 0.25) is 0 Å². The van der Waals surface area contributed by atoms with Crippen molar-refractivity contribution in [3.8, 4) is 0 Å². The molecular formula is C7H16N2O. The first-order chi connectivity index (χ1) is 4.72. The molecule has 0 atom stereocenters. The molecule has 60 valence electrons. The summed E-state index contributed by atoms with van der Waals surface area (Å²) in [4.78, 5) is 4.45. The lowest BCUT2D eigenvalue weighted by atomic mass is 10.1. The minimum atomic E-state index is 0.314. The van der Waals surface area contributed by atoms with Gasteiger partial charge in [-0.3, -0.25) is 9.80 Å². The Morgan fingerprint density at radius 2 is 1.80 bits per heavy atom. The molecule has 0 aliphatic carbocycles. The third-order valence-electron chi connectivity index (χ3n) is 1.88. The molecular weight excluding hydrogens is 128 g/mol. The van der Waals surface area contributed by atoms with Crippen LogP contribution >= 0.6 is 0 Å². The maximum atomic E-state index is 8.87. The molecule has 1 N–H and O–H groups in total. The Morgan fingerprint density at radius 1 is 1.30 bits per heavy atom. The van der Waals surface area contributed by atoms with E-state index in [-0.39, 0.29) is 0 Å². The highest BCUT2D eigenvalue weighted by molar-refractivity contribution is 4.71. The van der Waals surface area contributed by atoms with E-state index in [1.165, 1.54) is 0 Å². The van der Waals surface area contributed by atoms with Gasteiger partial charge in [0.15, 0.2) is 0 Å². The molecule has 1 rings (SSSR count). The van der Waals surface area contributed by atoms with Gasteiger partial charge in [-0.25, -0.2) is 0 Å². The standard InChI is InChI=1S/C7H16N2O/c1-8-3-7(5-10)4-9(2)6-8/h7,10H,3-6H2,1-2H3. The van der Waals surface area contributed by atoms with Gasteiger partial charge in [-0.1, -0.05) is 0 Å². The first-order valence-corrected chi connectivity index (χ1v) is 3.70. The molecule has 0 aromatic rings. The molecule has 3 heteroatoms. The van der Waals surface area contributed by atoms with E-state index < -0.39 is 0 Å². The van der Waals surface area contributed by atoms with Crippen molar-refractivity contribution < 1.29 is 5.11 Å². The summed E-state index contributed by atoms with van der Waals surface area (Å²) in [7, 11) is 4.16. The van der Waals surface area contributed by atoms with Gasteiger partial charge in [0.25, 0.3) is 0 Å². The monoisotopic (exact) mass is 144 g/mol. The summed E-state index contributed by atoms with van der Waals surface area (Å²) in [6, 6.07) is 0. The van der Waals surface area contributed by atoms with Crippen molar-refractivity contribution in [3.05, 3.63) is 0 Å². The van der Waals surface area contributed by atoms with E-state index in [4.69, 9.17) is 5.11 Å². The minimum absolute atomic E-state index is 0.314. The number of nitrogens with zero attached hydrogens (tertiary/aromatic N) is 2. The fourth-order valence-electron chi connectivity index (χ4n) is 1.58. The van der Waals surface area contributed by atoms with Gasteiger partial charge >= 0.3 is 0 Å². The van der Waals surface area contributed by atoms with E-state index in [9.17, 15) is 0 Å². The van der Waals surface area contributed by atoms with Crippen LogP contribution in [-0.4, -0.2) is 55.4 Å². The van der Waals surface area contributed by atoms with Crippen molar-refractivity contribution in [2.45, 2.75) is 0 Å². The largest absolute Gasteiger partial charge is 0.396 e. The van der Waals surface area contributed by atoms with Gasteiger partial charge < -0.3 is 5.11 Å². The summed E-state index contributed by atoms with van der Waals surface area (Å²) in [5.41, 5.74) is 0. The summed E-state index contributed by atoms with van der Waals surface area (Å²) in [5.74, 6) is 0.448. The van der Waals surface area contributed by atoms with Gasteiger partial charge in [0.2, 0.25) is 0 Å². The zero-order chi connectivity index (χ0) is 7.56. The molecule has 0 saturated carbocycles. The Kier molecular flexibility index (Phi) is 2.65. The van der Waals surface area contributed by atoms with E-state index in [0.717, 1.165) is 19.8 Å². The van der Waals surface area contributed by atoms with Crippen molar-refractivity contribution >= 4 is 0 Å². The predicted molar refractivity (Wildman–Crippen MR) is 40.7 cm³/mol. The van der Waals surface area contributed by atoms with Crippen LogP contribution < -0.4 is 0 Å². The van der Waals surface area contributed by atoms with Gasteiger partial charge in [0.1, 0.15) is 0 Å². The van der Waals surface area contributed by atoms with Gasteiger partial charge in [-0.2, -0.15) is 0 Å². The highest BCUT2D eigenvalue weighted by Gasteiger charge is 2.19. The second kappa shape index (κ2) is 3.32. The third-order valence-corrected chi connectivity index (χ3v) is 1.88. The van der Waals surface area contributed by atoms with Gasteiger partial charge in [0.05, 0.1) is 6.67 Å². The Balaban J connectivity index is 2.35. The molecule has 0 unspecified atom stereocenters. The van der Waals surface area contributed by atoms with Crippen molar-refractivity contribution in [2.24, 2.45) is 5.92 Å². The van der Waals surface area contributed by atoms with E-state index in [1.807, 2.05) is 0 Å². The van der Waals surface area contributed by atoms with Crippen LogP contribution in [0.1, 0.15) is 0 Å². The summed E-state index contributed by atoms with van der Waals surface area (Å²) in [6.07, 6.45) is 0. The van der Waals surface area contributed by atoms with Gasteiger partial charge in [-0.05, 0) is 14.1 Å². The molecule has 0 aromatic heterocycles. The van der Waals surface area contributed by atoms with Crippen LogP contribution in [0.15, 0.2) is 0 Å². The molecule has 1 aliphatic rings. The number of hydrogen-bond acceptors (Lipinski definition) is 3. The number of aliphatic hydroxyl groups excluding tert-OH is 1. The fourth-order valence-corrected chi connectivity index (χ4v) is 1.58. The highest BCUT2D eigenvalue weighted by Crippen LogP contribution is 2.07. The van der Waals surface area contributed by atoms with Crippen LogP contribution in [0.4, 0.5) is 0 Å². The molecule has 0 radical (unpaired) electrons. The van der Waals surface area contributed by atoms with Crippen molar-refractivity contribution in [1.82, 2.24) is 9.80 Å². The first-order valence-electron chi connectivity index (χ1n) is 3.70. The molecule has 0 spiro atoms. The molecule has 0 bridgehead atoms. The van der Waals surface area contributed by atoms with Gasteiger partial charge in [-0.15, -0.1) is 0 Å². The van der Waals surface area contributed by atoms with Crippen molar-refractivity contribution in [3.63, 3.8) is 0 Å². The maximum Gasteiger partial charge on any atom is 0.0500 e. The minimum Gasteiger partial charge on any atom is -0.396 e. The zero-order valence-corrected chi connectivity index (χ0v) is 6.75. The Bertz CT molecular complexity index is 97.8. The topological polar surface area (TPSA) is 26.7 Å². The number of aliphatic hydroxyl groups is 1. The Hall–Kier alpha value is -0.120. The zero-order valence-electron chi connectivity index (χ0n) is 6.75.